The highest BCUT2D eigenvalue weighted by molar-refractivity contribution is 7.99. The summed E-state index contributed by atoms with van der Waals surface area (Å²) in [6, 6.07) is 0. The van der Waals surface area contributed by atoms with Gasteiger partial charge in [-0.3, -0.25) is 0 Å². The minimum Gasteiger partial charge on any atom is -0.387 e. The first-order valence-electron chi connectivity index (χ1n) is 6.64. The Morgan fingerprint density at radius 2 is 2.18 bits per heavy atom. The Hall–Kier alpha value is -0.480. The second-order valence-electron chi connectivity index (χ2n) is 5.17. The van der Waals surface area contributed by atoms with E-state index in [1.165, 1.54) is 30.2 Å². The molecule has 1 unspecified atom stereocenters. The quantitative estimate of drug-likeness (QED) is 0.878. The average molecular weight is 252 g/mol. The van der Waals surface area contributed by atoms with E-state index < -0.39 is 0 Å². The van der Waals surface area contributed by atoms with E-state index in [9.17, 15) is 5.11 Å². The van der Waals surface area contributed by atoms with Crippen molar-refractivity contribution in [1.82, 2.24) is 9.55 Å². The van der Waals surface area contributed by atoms with Crippen molar-refractivity contribution in [3.8, 4) is 0 Å². The Morgan fingerprint density at radius 3 is 3.00 bits per heavy atom. The first-order chi connectivity index (χ1) is 8.34. The predicted molar refractivity (Wildman–Crippen MR) is 70.2 cm³/mol. The normalized spacial score (nSPS) is 25.8. The van der Waals surface area contributed by atoms with Crippen molar-refractivity contribution in [2.45, 2.75) is 44.8 Å². The van der Waals surface area contributed by atoms with E-state index in [0.717, 1.165) is 37.4 Å². The summed E-state index contributed by atoms with van der Waals surface area (Å²) in [4.78, 5) is 4.54. The van der Waals surface area contributed by atoms with Crippen LogP contribution in [0.25, 0.3) is 0 Å². The van der Waals surface area contributed by atoms with Crippen LogP contribution in [0, 0.1) is 5.92 Å². The van der Waals surface area contributed by atoms with Crippen molar-refractivity contribution in [3.63, 3.8) is 0 Å². The molecule has 3 nitrogen and oxygen atoms in total. The largest absolute Gasteiger partial charge is 0.387 e. The zero-order valence-electron chi connectivity index (χ0n) is 10.1. The van der Waals surface area contributed by atoms with Gasteiger partial charge in [0.2, 0.25) is 0 Å². The Bertz CT molecular complexity index is 385. The van der Waals surface area contributed by atoms with Gasteiger partial charge in [-0.25, -0.2) is 4.98 Å². The highest BCUT2D eigenvalue weighted by Gasteiger charge is 2.23. The lowest BCUT2D eigenvalue weighted by Gasteiger charge is -2.24. The van der Waals surface area contributed by atoms with Crippen LogP contribution in [0.1, 0.15) is 43.3 Å². The fraction of sp³-hybridized carbons (Fsp3) is 0.769. The lowest BCUT2D eigenvalue weighted by Crippen LogP contribution is -2.20. The van der Waals surface area contributed by atoms with Gasteiger partial charge in [0.25, 0.3) is 0 Å². The summed E-state index contributed by atoms with van der Waals surface area (Å²) in [5.74, 6) is 4.62. The van der Waals surface area contributed by atoms with E-state index in [0.29, 0.717) is 0 Å². The molecule has 1 atom stereocenters. The van der Waals surface area contributed by atoms with E-state index >= 15 is 0 Å². The summed E-state index contributed by atoms with van der Waals surface area (Å²) in [5.41, 5.74) is 1.04. The number of rotatable bonds is 2. The molecule has 2 aliphatic rings. The highest BCUT2D eigenvalue weighted by Crippen LogP contribution is 2.29. The molecule has 0 spiro atoms. The molecular weight excluding hydrogens is 232 g/mol. The first-order valence-corrected chi connectivity index (χ1v) is 7.80. The Morgan fingerprint density at radius 1 is 1.35 bits per heavy atom. The molecule has 2 aliphatic heterocycles. The minimum absolute atomic E-state index is 0.285. The number of aromatic nitrogens is 2. The summed E-state index contributed by atoms with van der Waals surface area (Å²) in [7, 11) is 0. The van der Waals surface area contributed by atoms with Crippen molar-refractivity contribution in [2.24, 2.45) is 5.92 Å². The van der Waals surface area contributed by atoms with E-state index in [-0.39, 0.29) is 6.10 Å². The van der Waals surface area contributed by atoms with Gasteiger partial charge in [-0.2, -0.15) is 11.8 Å². The second kappa shape index (κ2) is 5.02. The van der Waals surface area contributed by atoms with Crippen LogP contribution in [0.4, 0.5) is 0 Å². The smallest absolute Gasteiger partial charge is 0.109 e. The molecule has 0 bridgehead atoms. The molecule has 94 valence electrons. The maximum Gasteiger partial charge on any atom is 0.109 e. The van der Waals surface area contributed by atoms with Crippen LogP contribution in [0.3, 0.4) is 0 Å². The van der Waals surface area contributed by atoms with Crippen molar-refractivity contribution in [1.29, 1.82) is 0 Å². The van der Waals surface area contributed by atoms with Gasteiger partial charge in [-0.05, 0) is 43.1 Å². The van der Waals surface area contributed by atoms with E-state index in [2.05, 4.69) is 21.3 Å². The van der Waals surface area contributed by atoms with Crippen LogP contribution in [-0.4, -0.2) is 26.2 Å². The van der Waals surface area contributed by atoms with Crippen LogP contribution in [-0.2, 0) is 13.0 Å². The molecule has 3 rings (SSSR count). The average Bonchev–Trinajstić information content (AvgIpc) is 2.76. The van der Waals surface area contributed by atoms with Gasteiger partial charge in [0.05, 0.1) is 18.0 Å². The van der Waals surface area contributed by atoms with Gasteiger partial charge in [0, 0.05) is 13.0 Å². The molecule has 1 N–H and O–H groups in total. The molecular formula is C13H20N2OS. The summed E-state index contributed by atoms with van der Waals surface area (Å²) in [6.07, 6.45) is 7.34. The van der Waals surface area contributed by atoms with Crippen molar-refractivity contribution >= 4 is 11.8 Å². The fourth-order valence-electron chi connectivity index (χ4n) is 2.92. The maximum atomic E-state index is 9.92. The van der Waals surface area contributed by atoms with Crippen molar-refractivity contribution in [2.75, 3.05) is 11.5 Å². The number of hydrogen-bond donors (Lipinski definition) is 1. The molecule has 0 aliphatic carbocycles. The van der Waals surface area contributed by atoms with Crippen LogP contribution >= 0.6 is 11.8 Å². The number of thioether (sulfide) groups is 1. The maximum absolute atomic E-state index is 9.92. The molecule has 0 amide bonds. The van der Waals surface area contributed by atoms with E-state index in [4.69, 9.17) is 0 Å². The van der Waals surface area contributed by atoms with E-state index in [1.807, 2.05) is 6.20 Å². The van der Waals surface area contributed by atoms with Crippen molar-refractivity contribution < 1.29 is 5.11 Å². The monoisotopic (exact) mass is 252 g/mol. The van der Waals surface area contributed by atoms with Crippen LogP contribution in [0.15, 0.2) is 6.20 Å². The Labute approximate surface area is 107 Å². The number of imidazole rings is 1. The Balaban J connectivity index is 1.74. The topological polar surface area (TPSA) is 38.0 Å². The second-order valence-corrected chi connectivity index (χ2v) is 6.39. The fourth-order valence-corrected chi connectivity index (χ4v) is 4.12. The molecule has 1 fully saturated rings. The minimum atomic E-state index is -0.285. The van der Waals surface area contributed by atoms with Gasteiger partial charge in [0.15, 0.2) is 0 Å². The van der Waals surface area contributed by atoms with Crippen molar-refractivity contribution in [3.05, 3.63) is 17.7 Å². The predicted octanol–water partition coefficient (Wildman–Crippen LogP) is 2.40. The lowest BCUT2D eigenvalue weighted by molar-refractivity contribution is 0.138. The lowest BCUT2D eigenvalue weighted by atomic mass is 9.98. The van der Waals surface area contributed by atoms with Gasteiger partial charge >= 0.3 is 0 Å². The van der Waals surface area contributed by atoms with Gasteiger partial charge < -0.3 is 9.67 Å². The van der Waals surface area contributed by atoms with Gasteiger partial charge in [-0.15, -0.1) is 0 Å². The molecule has 17 heavy (non-hydrogen) atoms. The molecule has 1 aromatic heterocycles. The third-order valence-corrected chi connectivity index (χ3v) is 5.03. The number of fused-ring (bicyclic) bond motifs is 1. The molecule has 4 heteroatoms. The van der Waals surface area contributed by atoms with Crippen LogP contribution in [0.5, 0.6) is 0 Å². The number of hydrogen-bond acceptors (Lipinski definition) is 3. The standard InChI is InChI=1S/C13H20N2OS/c16-12-2-1-5-15-11(12)9-14-13(15)8-10-3-6-17-7-4-10/h9-10,12,16H,1-8H2. The van der Waals surface area contributed by atoms with Crippen LogP contribution in [0.2, 0.25) is 0 Å². The zero-order valence-corrected chi connectivity index (χ0v) is 11.0. The van der Waals surface area contributed by atoms with Gasteiger partial charge in [-0.1, -0.05) is 0 Å². The summed E-state index contributed by atoms with van der Waals surface area (Å²) in [5, 5.41) is 9.92. The number of nitrogens with zero attached hydrogens (tertiary/aromatic N) is 2. The Kier molecular flexibility index (Phi) is 3.43. The third kappa shape index (κ3) is 2.38. The summed E-state index contributed by atoms with van der Waals surface area (Å²) >= 11 is 2.07. The van der Waals surface area contributed by atoms with E-state index in [1.54, 1.807) is 0 Å². The molecule has 0 saturated carbocycles. The third-order valence-electron chi connectivity index (χ3n) is 3.98. The summed E-state index contributed by atoms with van der Waals surface area (Å²) in [6.45, 7) is 1.04. The highest BCUT2D eigenvalue weighted by atomic mass is 32.2. The molecule has 0 aromatic carbocycles. The first kappa shape index (κ1) is 11.6. The summed E-state index contributed by atoms with van der Waals surface area (Å²) < 4.78 is 2.26. The van der Waals surface area contributed by atoms with Gasteiger partial charge in [0.1, 0.15) is 5.82 Å². The zero-order chi connectivity index (χ0) is 11.7. The molecule has 1 aromatic rings. The molecule has 1 saturated heterocycles. The SMILES string of the molecule is OC1CCCn2c1cnc2CC1CCSCC1. The molecule has 3 heterocycles. The number of aliphatic hydroxyl groups excluding tert-OH is 1. The number of aliphatic hydroxyl groups is 1. The van der Waals surface area contributed by atoms with Crippen LogP contribution < -0.4 is 0 Å². The molecule has 0 radical (unpaired) electrons.